The van der Waals surface area contributed by atoms with E-state index in [1.165, 1.54) is 24.3 Å². The van der Waals surface area contributed by atoms with E-state index in [1.54, 1.807) is 38.1 Å². The van der Waals surface area contributed by atoms with Gasteiger partial charge in [0.1, 0.15) is 5.75 Å². The van der Waals surface area contributed by atoms with Crippen molar-refractivity contribution >= 4 is 23.9 Å². The van der Waals surface area contributed by atoms with Crippen LogP contribution < -0.4 is 4.74 Å². The molecule has 28 heavy (non-hydrogen) atoms. The molecule has 2 atom stereocenters. The molecule has 0 heterocycles. The first-order chi connectivity index (χ1) is 13.2. The molecule has 2 aromatic rings. The Morgan fingerprint density at radius 1 is 0.786 bits per heavy atom. The van der Waals surface area contributed by atoms with Gasteiger partial charge in [0, 0.05) is 0 Å². The Balaban J connectivity index is 2.23. The molecular formula is C20H18O8. The standard InChI is InChI=1S/C20H18O8/c1-11-3-7-13(8-4-11)19(25)28-16(18(23)24)15(17(21)22)20(26)27-14-9-5-12(2)6-10-14/h3-10,15-16H,1-2H3,(H,21,22)(H,23,24)/t15-,16-/m0/s1. The smallest absolute Gasteiger partial charge is 0.346 e. The third kappa shape index (κ3) is 5.16. The molecule has 0 aromatic heterocycles. The van der Waals surface area contributed by atoms with Crippen molar-refractivity contribution in [2.45, 2.75) is 20.0 Å². The molecule has 0 fully saturated rings. The average molecular weight is 386 g/mol. The lowest BCUT2D eigenvalue weighted by Crippen LogP contribution is -2.44. The maximum Gasteiger partial charge on any atom is 0.346 e. The molecule has 8 nitrogen and oxygen atoms in total. The molecule has 2 rings (SSSR count). The molecule has 8 heteroatoms. The molecular weight excluding hydrogens is 368 g/mol. The maximum atomic E-state index is 12.3. The summed E-state index contributed by atoms with van der Waals surface area (Å²) in [5.41, 5.74) is 1.76. The quantitative estimate of drug-likeness (QED) is 0.421. The number of hydrogen-bond acceptors (Lipinski definition) is 6. The minimum absolute atomic E-state index is 0.0212. The third-order valence-corrected chi connectivity index (χ3v) is 3.83. The zero-order valence-corrected chi connectivity index (χ0v) is 15.1. The zero-order valence-electron chi connectivity index (χ0n) is 15.1. The molecule has 0 unspecified atom stereocenters. The van der Waals surface area contributed by atoms with Crippen molar-refractivity contribution < 1.29 is 38.9 Å². The molecule has 0 amide bonds. The molecule has 0 aliphatic heterocycles. The van der Waals surface area contributed by atoms with Gasteiger partial charge in [-0.2, -0.15) is 0 Å². The molecule has 0 spiro atoms. The Labute approximate surface area is 160 Å². The van der Waals surface area contributed by atoms with Gasteiger partial charge in [0.2, 0.25) is 12.0 Å². The molecule has 0 radical (unpaired) electrons. The van der Waals surface area contributed by atoms with E-state index in [0.29, 0.717) is 0 Å². The summed E-state index contributed by atoms with van der Waals surface area (Å²) in [7, 11) is 0. The monoisotopic (exact) mass is 386 g/mol. The minimum Gasteiger partial charge on any atom is -0.480 e. The summed E-state index contributed by atoms with van der Waals surface area (Å²) in [6, 6.07) is 12.1. The first-order valence-corrected chi connectivity index (χ1v) is 8.20. The lowest BCUT2D eigenvalue weighted by atomic mass is 10.0. The normalized spacial score (nSPS) is 12.5. The van der Waals surface area contributed by atoms with Gasteiger partial charge in [-0.15, -0.1) is 0 Å². The molecule has 2 N–H and O–H groups in total. The van der Waals surface area contributed by atoms with E-state index in [1.807, 2.05) is 0 Å². The Hall–Kier alpha value is -3.68. The van der Waals surface area contributed by atoms with Gasteiger partial charge in [0.05, 0.1) is 5.56 Å². The highest BCUT2D eigenvalue weighted by molar-refractivity contribution is 6.01. The van der Waals surface area contributed by atoms with Crippen molar-refractivity contribution in [2.75, 3.05) is 0 Å². The van der Waals surface area contributed by atoms with Crippen molar-refractivity contribution in [3.05, 3.63) is 65.2 Å². The highest BCUT2D eigenvalue weighted by Gasteiger charge is 2.44. The molecule has 0 saturated carbocycles. The number of hydrogen-bond donors (Lipinski definition) is 2. The van der Waals surface area contributed by atoms with Crippen molar-refractivity contribution in [1.29, 1.82) is 0 Å². The van der Waals surface area contributed by atoms with Crippen LogP contribution in [0.2, 0.25) is 0 Å². The van der Waals surface area contributed by atoms with Crippen LogP contribution in [0.4, 0.5) is 0 Å². The third-order valence-electron chi connectivity index (χ3n) is 3.83. The fraction of sp³-hybridized carbons (Fsp3) is 0.200. The van der Waals surface area contributed by atoms with Gasteiger partial charge in [-0.05, 0) is 38.1 Å². The Kier molecular flexibility index (Phi) is 6.49. The summed E-state index contributed by atoms with van der Waals surface area (Å²) in [5.74, 6) is -8.21. The fourth-order valence-corrected chi connectivity index (χ4v) is 2.27. The number of carboxylic acids is 2. The molecule has 0 aliphatic carbocycles. The number of aliphatic carboxylic acids is 2. The van der Waals surface area contributed by atoms with Crippen molar-refractivity contribution in [2.24, 2.45) is 5.92 Å². The number of aryl methyl sites for hydroxylation is 2. The summed E-state index contributed by atoms with van der Waals surface area (Å²) in [5, 5.41) is 18.7. The molecule has 2 aromatic carbocycles. The number of esters is 2. The summed E-state index contributed by atoms with van der Waals surface area (Å²) in [6.45, 7) is 3.59. The highest BCUT2D eigenvalue weighted by Crippen LogP contribution is 2.18. The number of carboxylic acid groups (broad SMARTS) is 2. The van der Waals surface area contributed by atoms with Crippen LogP contribution in [0.25, 0.3) is 0 Å². The van der Waals surface area contributed by atoms with E-state index in [9.17, 15) is 29.4 Å². The highest BCUT2D eigenvalue weighted by atomic mass is 16.6. The zero-order chi connectivity index (χ0) is 20.8. The second-order valence-corrected chi connectivity index (χ2v) is 6.08. The number of carbonyl (C=O) groups excluding carboxylic acids is 2. The van der Waals surface area contributed by atoms with Crippen LogP contribution >= 0.6 is 0 Å². The van der Waals surface area contributed by atoms with Crippen LogP contribution in [-0.4, -0.2) is 40.2 Å². The fourth-order valence-electron chi connectivity index (χ4n) is 2.27. The molecule has 0 saturated heterocycles. The van der Waals surface area contributed by atoms with E-state index in [-0.39, 0.29) is 11.3 Å². The van der Waals surface area contributed by atoms with Gasteiger partial charge in [-0.3, -0.25) is 9.59 Å². The number of carbonyl (C=O) groups is 4. The van der Waals surface area contributed by atoms with Crippen LogP contribution in [0, 0.1) is 19.8 Å². The summed E-state index contributed by atoms with van der Waals surface area (Å²) >= 11 is 0. The van der Waals surface area contributed by atoms with E-state index in [2.05, 4.69) is 0 Å². The van der Waals surface area contributed by atoms with Crippen molar-refractivity contribution in [3.63, 3.8) is 0 Å². The minimum atomic E-state index is -2.26. The number of benzene rings is 2. The van der Waals surface area contributed by atoms with Gasteiger partial charge in [0.25, 0.3) is 0 Å². The van der Waals surface area contributed by atoms with E-state index in [4.69, 9.17) is 9.47 Å². The number of ether oxygens (including phenoxy) is 2. The first-order valence-electron chi connectivity index (χ1n) is 8.20. The maximum absolute atomic E-state index is 12.3. The van der Waals surface area contributed by atoms with Crippen LogP contribution in [0.15, 0.2) is 48.5 Å². The summed E-state index contributed by atoms with van der Waals surface area (Å²) in [4.78, 5) is 47.5. The Bertz CT molecular complexity index is 883. The summed E-state index contributed by atoms with van der Waals surface area (Å²) < 4.78 is 9.77. The van der Waals surface area contributed by atoms with Gasteiger partial charge in [0.15, 0.2) is 0 Å². The predicted octanol–water partition coefficient (Wildman–Crippen LogP) is 2.22. The average Bonchev–Trinajstić information content (AvgIpc) is 2.63. The van der Waals surface area contributed by atoms with Gasteiger partial charge in [-0.1, -0.05) is 35.4 Å². The molecule has 0 bridgehead atoms. The van der Waals surface area contributed by atoms with E-state index in [0.717, 1.165) is 11.1 Å². The predicted molar refractivity (Wildman–Crippen MR) is 96.0 cm³/mol. The Morgan fingerprint density at radius 2 is 1.29 bits per heavy atom. The lowest BCUT2D eigenvalue weighted by Gasteiger charge is -2.19. The van der Waals surface area contributed by atoms with Crippen molar-refractivity contribution in [3.8, 4) is 5.75 Å². The second kappa shape index (κ2) is 8.81. The summed E-state index contributed by atoms with van der Waals surface area (Å²) in [6.07, 6.45) is -2.26. The van der Waals surface area contributed by atoms with Crippen LogP contribution in [0.1, 0.15) is 21.5 Å². The van der Waals surface area contributed by atoms with E-state index >= 15 is 0 Å². The van der Waals surface area contributed by atoms with Crippen LogP contribution in [-0.2, 0) is 19.1 Å². The van der Waals surface area contributed by atoms with E-state index < -0.39 is 35.9 Å². The largest absolute Gasteiger partial charge is 0.480 e. The van der Waals surface area contributed by atoms with Gasteiger partial charge < -0.3 is 19.7 Å². The molecule has 0 aliphatic rings. The molecule has 146 valence electrons. The van der Waals surface area contributed by atoms with Crippen LogP contribution in [0.5, 0.6) is 5.75 Å². The number of rotatable bonds is 7. The topological polar surface area (TPSA) is 127 Å². The first kappa shape index (κ1) is 20.6. The SMILES string of the molecule is Cc1ccc(OC(=O)[C@H](C(=O)O)[C@H](OC(=O)c2ccc(C)cc2)C(=O)O)cc1. The van der Waals surface area contributed by atoms with Crippen LogP contribution in [0.3, 0.4) is 0 Å². The second-order valence-electron chi connectivity index (χ2n) is 6.08. The van der Waals surface area contributed by atoms with Crippen molar-refractivity contribution in [1.82, 2.24) is 0 Å². The van der Waals surface area contributed by atoms with Gasteiger partial charge >= 0.3 is 23.9 Å². The Morgan fingerprint density at radius 3 is 1.75 bits per heavy atom. The van der Waals surface area contributed by atoms with Gasteiger partial charge in [-0.25, -0.2) is 9.59 Å². The lowest BCUT2D eigenvalue weighted by molar-refractivity contribution is -0.168.